The van der Waals surface area contributed by atoms with E-state index in [1.165, 1.54) is 0 Å². The second-order valence-corrected chi connectivity index (χ2v) is 5.68. The van der Waals surface area contributed by atoms with Gasteiger partial charge in [0, 0.05) is 10.9 Å². The first kappa shape index (κ1) is 15.2. The van der Waals surface area contributed by atoms with Crippen molar-refractivity contribution in [2.75, 3.05) is 7.11 Å². The third-order valence-electron chi connectivity index (χ3n) is 3.29. The van der Waals surface area contributed by atoms with E-state index in [4.69, 9.17) is 9.47 Å². The minimum Gasteiger partial charge on any atom is -0.496 e. The van der Waals surface area contributed by atoms with Gasteiger partial charge in [-0.15, -0.1) is 11.3 Å². The van der Waals surface area contributed by atoms with Crippen LogP contribution >= 0.6 is 11.3 Å². The summed E-state index contributed by atoms with van der Waals surface area (Å²) in [6.07, 6.45) is 0.809. The second-order valence-electron chi connectivity index (χ2n) is 4.82. The Kier molecular flexibility index (Phi) is 4.68. The quantitative estimate of drug-likeness (QED) is 0.637. The van der Waals surface area contributed by atoms with Gasteiger partial charge in [0.1, 0.15) is 29.4 Å². The van der Waals surface area contributed by atoms with Crippen molar-refractivity contribution in [3.05, 3.63) is 65.2 Å². The molecule has 0 aliphatic carbocycles. The predicted octanol–water partition coefficient (Wildman–Crippen LogP) is 4.21. The molecule has 0 amide bonds. The monoisotopic (exact) mass is 325 g/mol. The number of ether oxygens (including phenoxy) is 2. The Morgan fingerprint density at radius 1 is 1.13 bits per heavy atom. The summed E-state index contributed by atoms with van der Waals surface area (Å²) in [7, 11) is 1.65. The van der Waals surface area contributed by atoms with Crippen molar-refractivity contribution in [2.24, 2.45) is 0 Å². The van der Waals surface area contributed by atoms with Crippen LogP contribution in [0.15, 0.2) is 53.9 Å². The number of para-hydroxylation sites is 1. The van der Waals surface area contributed by atoms with Crippen molar-refractivity contribution in [1.82, 2.24) is 4.98 Å². The van der Waals surface area contributed by atoms with Gasteiger partial charge in [0.25, 0.3) is 0 Å². The lowest BCUT2D eigenvalue weighted by Gasteiger charge is -2.05. The molecule has 4 nitrogen and oxygen atoms in total. The minimum absolute atomic E-state index is 0.381. The van der Waals surface area contributed by atoms with Crippen LogP contribution in [0.2, 0.25) is 0 Å². The molecular formula is C18H15NO3S. The van der Waals surface area contributed by atoms with Gasteiger partial charge >= 0.3 is 0 Å². The summed E-state index contributed by atoms with van der Waals surface area (Å²) < 4.78 is 11.1. The number of carbonyl (C=O) groups excluding carboxylic acids is 1. The van der Waals surface area contributed by atoms with Crippen LogP contribution in [-0.4, -0.2) is 18.4 Å². The fourth-order valence-corrected chi connectivity index (χ4v) is 2.95. The lowest BCUT2D eigenvalue weighted by Crippen LogP contribution is -1.96. The third kappa shape index (κ3) is 3.57. The molecule has 5 heteroatoms. The smallest absolute Gasteiger partial charge is 0.150 e. The Hall–Kier alpha value is -2.66. The summed E-state index contributed by atoms with van der Waals surface area (Å²) in [5.74, 6) is 1.52. The number of nitrogens with zero attached hydrogens (tertiary/aromatic N) is 1. The van der Waals surface area contributed by atoms with Crippen LogP contribution in [0.25, 0.3) is 10.6 Å². The molecule has 2 aromatic carbocycles. The molecule has 0 saturated carbocycles. The molecule has 0 radical (unpaired) electrons. The first-order valence-electron chi connectivity index (χ1n) is 7.06. The van der Waals surface area contributed by atoms with E-state index in [0.717, 1.165) is 28.3 Å². The first-order valence-corrected chi connectivity index (χ1v) is 7.94. The van der Waals surface area contributed by atoms with Crippen LogP contribution in [-0.2, 0) is 6.61 Å². The van der Waals surface area contributed by atoms with Gasteiger partial charge in [0.2, 0.25) is 0 Å². The summed E-state index contributed by atoms with van der Waals surface area (Å²) in [4.78, 5) is 15.2. The number of aromatic nitrogens is 1. The van der Waals surface area contributed by atoms with Crippen molar-refractivity contribution in [1.29, 1.82) is 0 Å². The number of carbonyl (C=O) groups is 1. The van der Waals surface area contributed by atoms with Gasteiger partial charge in [0.05, 0.1) is 18.4 Å². The molecule has 3 rings (SSSR count). The third-order valence-corrected chi connectivity index (χ3v) is 4.22. The first-order chi connectivity index (χ1) is 11.3. The Morgan fingerprint density at radius 3 is 2.65 bits per heavy atom. The molecule has 0 atom stereocenters. The van der Waals surface area contributed by atoms with E-state index < -0.39 is 0 Å². The molecule has 1 heterocycles. The van der Waals surface area contributed by atoms with Crippen molar-refractivity contribution in [3.63, 3.8) is 0 Å². The molecule has 0 N–H and O–H groups in total. The lowest BCUT2D eigenvalue weighted by molar-refractivity contribution is 0.112. The van der Waals surface area contributed by atoms with Crippen molar-refractivity contribution < 1.29 is 14.3 Å². The molecule has 116 valence electrons. The molecular weight excluding hydrogens is 310 g/mol. The van der Waals surface area contributed by atoms with Gasteiger partial charge in [-0.1, -0.05) is 12.1 Å². The van der Waals surface area contributed by atoms with Gasteiger partial charge in [-0.2, -0.15) is 0 Å². The maximum absolute atomic E-state index is 10.6. The molecule has 0 aliphatic heterocycles. The summed E-state index contributed by atoms with van der Waals surface area (Å²) in [5.41, 5.74) is 2.46. The Balaban J connectivity index is 1.70. The molecule has 0 fully saturated rings. The van der Waals surface area contributed by atoms with Crippen molar-refractivity contribution >= 4 is 17.6 Å². The van der Waals surface area contributed by atoms with Crippen LogP contribution in [0.5, 0.6) is 11.5 Å². The maximum atomic E-state index is 10.6. The van der Waals surface area contributed by atoms with Crippen LogP contribution < -0.4 is 9.47 Å². The highest BCUT2D eigenvalue weighted by Crippen LogP contribution is 2.32. The van der Waals surface area contributed by atoms with Gasteiger partial charge in [-0.05, 0) is 36.4 Å². The fourth-order valence-electron chi connectivity index (χ4n) is 2.12. The highest BCUT2D eigenvalue weighted by Gasteiger charge is 2.10. The van der Waals surface area contributed by atoms with Crippen molar-refractivity contribution in [2.45, 2.75) is 6.61 Å². The van der Waals surface area contributed by atoms with Gasteiger partial charge in [-0.3, -0.25) is 4.79 Å². The number of aldehydes is 1. The fraction of sp³-hybridized carbons (Fsp3) is 0.111. The highest BCUT2D eigenvalue weighted by molar-refractivity contribution is 7.13. The van der Waals surface area contributed by atoms with E-state index in [-0.39, 0.29) is 0 Å². The van der Waals surface area contributed by atoms with E-state index >= 15 is 0 Å². The zero-order chi connectivity index (χ0) is 16.1. The number of benzene rings is 2. The number of hydrogen-bond donors (Lipinski definition) is 0. The number of thiazole rings is 1. The summed E-state index contributed by atoms with van der Waals surface area (Å²) in [5, 5.41) is 2.87. The van der Waals surface area contributed by atoms with E-state index in [1.807, 2.05) is 29.6 Å². The topological polar surface area (TPSA) is 48.4 Å². The molecule has 0 spiro atoms. The maximum Gasteiger partial charge on any atom is 0.150 e. The molecule has 0 saturated heterocycles. The van der Waals surface area contributed by atoms with E-state index in [0.29, 0.717) is 17.9 Å². The minimum atomic E-state index is 0.381. The number of rotatable bonds is 6. The van der Waals surface area contributed by atoms with Gasteiger partial charge < -0.3 is 9.47 Å². The Bertz CT molecular complexity index is 796. The van der Waals surface area contributed by atoms with Crippen molar-refractivity contribution in [3.8, 4) is 22.1 Å². The summed E-state index contributed by atoms with van der Waals surface area (Å²) in [6.45, 7) is 0.381. The van der Waals surface area contributed by atoms with E-state index in [9.17, 15) is 4.79 Å². The van der Waals surface area contributed by atoms with Gasteiger partial charge in [-0.25, -0.2) is 4.98 Å². The second kappa shape index (κ2) is 7.07. The highest BCUT2D eigenvalue weighted by atomic mass is 32.1. The molecule has 3 aromatic rings. The largest absolute Gasteiger partial charge is 0.496 e. The number of methoxy groups -OCH3 is 1. The molecule has 23 heavy (non-hydrogen) atoms. The predicted molar refractivity (Wildman–Crippen MR) is 90.3 cm³/mol. The van der Waals surface area contributed by atoms with E-state index in [2.05, 4.69) is 4.98 Å². The normalized spacial score (nSPS) is 10.3. The Labute approximate surface area is 138 Å². The SMILES string of the molecule is COc1ccccc1-c1nc(COc2ccc(C=O)cc2)cs1. The van der Waals surface area contributed by atoms with Crippen LogP contribution in [0.1, 0.15) is 16.1 Å². The summed E-state index contributed by atoms with van der Waals surface area (Å²) in [6, 6.07) is 14.8. The molecule has 0 unspecified atom stereocenters. The van der Waals surface area contributed by atoms with Crippen LogP contribution in [0.3, 0.4) is 0 Å². The molecule has 0 bridgehead atoms. The standard InChI is InChI=1S/C18H15NO3S/c1-21-17-5-3-2-4-16(17)18-19-14(12-23-18)11-22-15-8-6-13(10-20)7-9-15/h2-10,12H,11H2,1H3. The Morgan fingerprint density at radius 2 is 1.91 bits per heavy atom. The zero-order valence-corrected chi connectivity index (χ0v) is 13.4. The van der Waals surface area contributed by atoms with Gasteiger partial charge in [0.15, 0.2) is 0 Å². The van der Waals surface area contributed by atoms with Crippen LogP contribution in [0, 0.1) is 0 Å². The molecule has 0 aliphatic rings. The molecule has 1 aromatic heterocycles. The zero-order valence-electron chi connectivity index (χ0n) is 12.6. The average Bonchev–Trinajstić information content (AvgIpc) is 3.09. The summed E-state index contributed by atoms with van der Waals surface area (Å²) >= 11 is 1.56. The lowest BCUT2D eigenvalue weighted by atomic mass is 10.2. The van der Waals surface area contributed by atoms with E-state index in [1.54, 1.807) is 42.7 Å². The van der Waals surface area contributed by atoms with Crippen LogP contribution in [0.4, 0.5) is 0 Å². The average molecular weight is 325 g/mol. The number of hydrogen-bond acceptors (Lipinski definition) is 5.